The number of halogens is 4. The second-order valence-electron chi connectivity index (χ2n) is 6.00. The predicted molar refractivity (Wildman–Crippen MR) is 87.1 cm³/mol. The Morgan fingerprint density at radius 1 is 1.38 bits per heavy atom. The molecule has 136 valence electrons. The molecule has 0 saturated heterocycles. The van der Waals surface area contributed by atoms with E-state index in [9.17, 15) is 18.0 Å². The average molecular weight is 367 g/mol. The molecule has 4 nitrogen and oxygen atoms in total. The van der Waals surface area contributed by atoms with Crippen LogP contribution in [0.25, 0.3) is 0 Å². The van der Waals surface area contributed by atoms with E-state index in [2.05, 4.69) is 5.32 Å². The van der Waals surface area contributed by atoms with E-state index in [1.807, 2.05) is 0 Å². The van der Waals surface area contributed by atoms with E-state index in [1.165, 1.54) is 0 Å². The Balaban J connectivity index is 0.00000288. The quantitative estimate of drug-likeness (QED) is 0.841. The number of nitrogens with one attached hydrogen (secondary N) is 1. The first-order valence-corrected chi connectivity index (χ1v) is 7.57. The molecule has 1 aromatic carbocycles. The summed E-state index contributed by atoms with van der Waals surface area (Å²) in [5.41, 5.74) is 7.10. The molecule has 1 aromatic rings. The number of carbonyl (C=O) groups excluding carboxylic acids is 1. The van der Waals surface area contributed by atoms with Gasteiger partial charge in [0, 0.05) is 24.1 Å². The van der Waals surface area contributed by atoms with Crippen LogP contribution >= 0.6 is 12.4 Å². The van der Waals surface area contributed by atoms with Crippen molar-refractivity contribution in [3.05, 3.63) is 29.3 Å². The fourth-order valence-corrected chi connectivity index (χ4v) is 2.68. The Labute approximate surface area is 145 Å². The first kappa shape index (κ1) is 20.6. The van der Waals surface area contributed by atoms with Gasteiger partial charge in [-0.15, -0.1) is 12.4 Å². The maximum Gasteiger partial charge on any atom is 0.422 e. The van der Waals surface area contributed by atoms with Gasteiger partial charge in [-0.2, -0.15) is 13.2 Å². The Hall–Kier alpha value is -1.47. The van der Waals surface area contributed by atoms with Gasteiger partial charge < -0.3 is 15.8 Å². The van der Waals surface area contributed by atoms with Gasteiger partial charge in [-0.1, -0.05) is 12.1 Å². The molecule has 1 saturated carbocycles. The minimum Gasteiger partial charge on any atom is -0.484 e. The summed E-state index contributed by atoms with van der Waals surface area (Å²) < 4.78 is 41.8. The first-order chi connectivity index (χ1) is 10.7. The number of carbonyl (C=O) groups is 1. The largest absolute Gasteiger partial charge is 0.484 e. The molecular weight excluding hydrogens is 345 g/mol. The summed E-state index contributed by atoms with van der Waals surface area (Å²) in [5, 5.41) is 2.76. The van der Waals surface area contributed by atoms with Gasteiger partial charge in [0.2, 0.25) is 5.91 Å². The molecule has 1 amide bonds. The third-order valence-electron chi connectivity index (χ3n) is 3.91. The van der Waals surface area contributed by atoms with Crippen molar-refractivity contribution in [1.82, 2.24) is 5.32 Å². The summed E-state index contributed by atoms with van der Waals surface area (Å²) in [4.78, 5) is 12.1. The van der Waals surface area contributed by atoms with Crippen molar-refractivity contribution in [3.63, 3.8) is 0 Å². The first-order valence-electron chi connectivity index (χ1n) is 7.57. The van der Waals surface area contributed by atoms with Crippen LogP contribution in [0.4, 0.5) is 13.2 Å². The average Bonchev–Trinajstić information content (AvgIpc) is 2.89. The highest BCUT2D eigenvalue weighted by atomic mass is 35.5. The van der Waals surface area contributed by atoms with Crippen LogP contribution < -0.4 is 15.8 Å². The molecule has 1 fully saturated rings. The van der Waals surface area contributed by atoms with Crippen molar-refractivity contribution in [3.8, 4) is 5.75 Å². The summed E-state index contributed by atoms with van der Waals surface area (Å²) in [5.74, 6) is -0.0824. The molecule has 8 heteroatoms. The van der Waals surface area contributed by atoms with E-state index < -0.39 is 12.8 Å². The fraction of sp³-hybridized carbons (Fsp3) is 0.562. The number of benzene rings is 1. The van der Waals surface area contributed by atoms with Crippen LogP contribution in [-0.4, -0.2) is 24.7 Å². The molecule has 1 aliphatic carbocycles. The van der Waals surface area contributed by atoms with E-state index in [0.717, 1.165) is 18.4 Å². The lowest BCUT2D eigenvalue weighted by Gasteiger charge is -2.16. The Morgan fingerprint density at radius 3 is 2.67 bits per heavy atom. The van der Waals surface area contributed by atoms with Crippen molar-refractivity contribution in [2.24, 2.45) is 11.7 Å². The third-order valence-corrected chi connectivity index (χ3v) is 3.91. The molecule has 0 heterocycles. The van der Waals surface area contributed by atoms with Crippen LogP contribution in [0.5, 0.6) is 5.75 Å². The van der Waals surface area contributed by atoms with Gasteiger partial charge in [-0.25, -0.2) is 0 Å². The van der Waals surface area contributed by atoms with Crippen molar-refractivity contribution in [2.45, 2.75) is 44.9 Å². The second kappa shape index (κ2) is 8.58. The van der Waals surface area contributed by atoms with Gasteiger partial charge in [0.05, 0.1) is 0 Å². The zero-order valence-electron chi connectivity index (χ0n) is 13.4. The number of amides is 1. The lowest BCUT2D eigenvalue weighted by atomic mass is 10.1. The molecule has 1 aliphatic rings. The number of aryl methyl sites for hydroxylation is 1. The highest BCUT2D eigenvalue weighted by Crippen LogP contribution is 2.26. The Morgan fingerprint density at radius 2 is 2.08 bits per heavy atom. The molecule has 2 atom stereocenters. The number of alkyl halides is 3. The second-order valence-corrected chi connectivity index (χ2v) is 6.00. The molecule has 0 aliphatic heterocycles. The maximum absolute atomic E-state index is 12.3. The van der Waals surface area contributed by atoms with Crippen molar-refractivity contribution in [2.75, 3.05) is 6.61 Å². The van der Waals surface area contributed by atoms with Crippen molar-refractivity contribution >= 4 is 18.3 Å². The van der Waals surface area contributed by atoms with Crippen LogP contribution in [-0.2, 0) is 11.3 Å². The number of nitrogens with two attached hydrogens (primary N) is 1. The van der Waals surface area contributed by atoms with Gasteiger partial charge in [-0.05, 0) is 37.8 Å². The maximum atomic E-state index is 12.3. The number of hydrogen-bond acceptors (Lipinski definition) is 3. The lowest BCUT2D eigenvalue weighted by molar-refractivity contribution is -0.153. The lowest BCUT2D eigenvalue weighted by Crippen LogP contribution is -2.30. The Kier molecular flexibility index (Phi) is 7.35. The summed E-state index contributed by atoms with van der Waals surface area (Å²) in [6, 6.07) is 5.03. The monoisotopic (exact) mass is 366 g/mol. The van der Waals surface area contributed by atoms with Gasteiger partial charge in [0.15, 0.2) is 6.61 Å². The molecule has 24 heavy (non-hydrogen) atoms. The SMILES string of the molecule is Cc1ccc(CNC(=O)C2CCC(N)C2)c(OCC(F)(F)F)c1.Cl. The van der Waals surface area contributed by atoms with Crippen molar-refractivity contribution < 1.29 is 22.7 Å². The molecular formula is C16H22ClF3N2O2. The zero-order chi connectivity index (χ0) is 17.0. The third kappa shape index (κ3) is 6.20. The predicted octanol–water partition coefficient (Wildman–Crippen LogP) is 3.10. The normalized spacial score (nSPS) is 20.4. The number of hydrogen-bond donors (Lipinski definition) is 2. The van der Waals surface area contributed by atoms with Gasteiger partial charge >= 0.3 is 6.18 Å². The molecule has 0 bridgehead atoms. The van der Waals surface area contributed by atoms with E-state index in [4.69, 9.17) is 10.5 Å². The van der Waals surface area contributed by atoms with Crippen molar-refractivity contribution in [1.29, 1.82) is 0 Å². The summed E-state index contributed by atoms with van der Waals surface area (Å²) >= 11 is 0. The zero-order valence-corrected chi connectivity index (χ0v) is 14.2. The summed E-state index contributed by atoms with van der Waals surface area (Å²) in [7, 11) is 0. The highest BCUT2D eigenvalue weighted by Gasteiger charge is 2.29. The molecule has 3 N–H and O–H groups in total. The van der Waals surface area contributed by atoms with E-state index in [-0.39, 0.29) is 42.6 Å². The van der Waals surface area contributed by atoms with Crippen LogP contribution in [0.2, 0.25) is 0 Å². The van der Waals surface area contributed by atoms with Crippen LogP contribution in [0.15, 0.2) is 18.2 Å². The van der Waals surface area contributed by atoms with Crippen LogP contribution in [0, 0.1) is 12.8 Å². The van der Waals surface area contributed by atoms with Crippen LogP contribution in [0.3, 0.4) is 0 Å². The van der Waals surface area contributed by atoms with Gasteiger partial charge in [0.25, 0.3) is 0 Å². The van der Waals surface area contributed by atoms with Gasteiger partial charge in [-0.3, -0.25) is 4.79 Å². The van der Waals surface area contributed by atoms with E-state index in [0.29, 0.717) is 12.0 Å². The molecule has 0 aromatic heterocycles. The standard InChI is InChI=1S/C16H21F3N2O2.ClH/c1-10-2-3-12(14(6-10)23-9-16(17,18)19)8-21-15(22)11-4-5-13(20)7-11;/h2-3,6,11,13H,4-5,7-9,20H2,1H3,(H,21,22);1H. The molecule has 2 unspecified atom stereocenters. The van der Waals surface area contributed by atoms with E-state index >= 15 is 0 Å². The topological polar surface area (TPSA) is 64.4 Å². The molecule has 0 spiro atoms. The summed E-state index contributed by atoms with van der Waals surface area (Å²) in [6.07, 6.45) is -2.18. The minimum absolute atomic E-state index is 0. The summed E-state index contributed by atoms with van der Waals surface area (Å²) in [6.45, 7) is 0.551. The fourth-order valence-electron chi connectivity index (χ4n) is 2.68. The number of ether oxygens (including phenoxy) is 1. The smallest absolute Gasteiger partial charge is 0.422 e. The minimum atomic E-state index is -4.40. The number of rotatable bonds is 5. The van der Waals surface area contributed by atoms with E-state index in [1.54, 1.807) is 25.1 Å². The van der Waals surface area contributed by atoms with Crippen LogP contribution in [0.1, 0.15) is 30.4 Å². The molecule has 2 rings (SSSR count). The highest BCUT2D eigenvalue weighted by molar-refractivity contribution is 5.85. The Bertz CT molecular complexity index is 567. The molecule has 0 radical (unpaired) electrons. The van der Waals surface area contributed by atoms with Gasteiger partial charge in [0.1, 0.15) is 5.75 Å².